The molecule has 2 rings (SSSR count). The first-order valence-electron chi connectivity index (χ1n) is 5.43. The smallest absolute Gasteiger partial charge is 0.218 e. The minimum Gasteiger partial charge on any atom is -0.506 e. The van der Waals surface area contributed by atoms with Crippen LogP contribution in [0.1, 0.15) is 6.42 Å². The fourth-order valence-corrected chi connectivity index (χ4v) is 3.37. The van der Waals surface area contributed by atoms with Gasteiger partial charge in [-0.25, -0.2) is 0 Å². The number of rotatable bonds is 3. The van der Waals surface area contributed by atoms with Crippen LogP contribution in [0.4, 0.5) is 0 Å². The molecule has 19 heavy (non-hydrogen) atoms. The lowest BCUT2D eigenvalue weighted by molar-refractivity contribution is 0.00903. The van der Waals surface area contributed by atoms with Gasteiger partial charge in [-0.1, -0.05) is 12.2 Å². The highest BCUT2D eigenvalue weighted by atomic mass is 32.2. The van der Waals surface area contributed by atoms with Crippen molar-refractivity contribution >= 4 is 26.9 Å². The van der Waals surface area contributed by atoms with E-state index < -0.39 is 34.9 Å². The Kier molecular flexibility index (Phi) is 4.35. The van der Waals surface area contributed by atoms with E-state index in [0.717, 1.165) is 11.8 Å². The molecule has 1 aliphatic carbocycles. The largest absolute Gasteiger partial charge is 0.506 e. The van der Waals surface area contributed by atoms with Crippen LogP contribution in [0, 0.1) is 0 Å². The van der Waals surface area contributed by atoms with Crippen LogP contribution in [0.2, 0.25) is 0 Å². The molecule has 0 bridgehead atoms. The van der Waals surface area contributed by atoms with Gasteiger partial charge in [0.1, 0.15) is 0 Å². The molecule has 0 spiro atoms. The zero-order valence-electron chi connectivity index (χ0n) is 9.68. The fourth-order valence-electron chi connectivity index (χ4n) is 1.64. The molecular formula is C11H12O6S2. The normalized spacial score (nSPS) is 26.4. The molecule has 0 radical (unpaired) electrons. The van der Waals surface area contributed by atoms with Gasteiger partial charge in [0.2, 0.25) is 10.3 Å². The number of hydrogen-bond donors (Lipinski definition) is 3. The predicted octanol–water partition coefficient (Wildman–Crippen LogP) is 0.0940. The van der Waals surface area contributed by atoms with Crippen LogP contribution in [0.15, 0.2) is 34.0 Å². The minimum atomic E-state index is -2.36. The topological polar surface area (TPSA) is 104 Å². The summed E-state index contributed by atoms with van der Waals surface area (Å²) in [6.07, 6.45) is 3.03. The van der Waals surface area contributed by atoms with Crippen molar-refractivity contribution < 1.29 is 28.5 Å². The molecule has 0 saturated heterocycles. The van der Waals surface area contributed by atoms with Crippen molar-refractivity contribution in [1.82, 2.24) is 0 Å². The van der Waals surface area contributed by atoms with Crippen molar-refractivity contribution in [2.24, 2.45) is 0 Å². The summed E-state index contributed by atoms with van der Waals surface area (Å²) < 4.78 is 27.3. The molecule has 3 N–H and O–H groups in total. The van der Waals surface area contributed by atoms with Gasteiger partial charge in [0.25, 0.3) is 0 Å². The summed E-state index contributed by atoms with van der Waals surface area (Å²) in [5.74, 6) is -0.393. The van der Waals surface area contributed by atoms with Gasteiger partial charge in [-0.3, -0.25) is 0 Å². The minimum absolute atomic E-state index is 0.0102. The third-order valence-electron chi connectivity index (χ3n) is 2.65. The zero-order valence-corrected chi connectivity index (χ0v) is 11.3. The first kappa shape index (κ1) is 14.2. The Morgan fingerprint density at radius 1 is 1.47 bits per heavy atom. The van der Waals surface area contributed by atoms with Gasteiger partial charge in [0.05, 0.1) is 11.5 Å². The lowest BCUT2D eigenvalue weighted by atomic mass is 10.2. The molecule has 1 aliphatic heterocycles. The summed E-state index contributed by atoms with van der Waals surface area (Å²) in [5, 5.41) is 28.2. The van der Waals surface area contributed by atoms with Crippen LogP contribution in [0.5, 0.6) is 0 Å². The number of allylic oxidation sites excluding steroid dienone is 4. The maximum Gasteiger partial charge on any atom is 0.218 e. The average Bonchev–Trinajstić information content (AvgIpc) is 2.67. The SMILES string of the molecule is O=S(=O)=C1CC=CC=C1SC1=C(O)[C@@H](O)[C@@H](CO)O1. The van der Waals surface area contributed by atoms with E-state index in [1.165, 1.54) is 0 Å². The van der Waals surface area contributed by atoms with Crippen LogP contribution in [0.3, 0.4) is 0 Å². The Morgan fingerprint density at radius 2 is 2.21 bits per heavy atom. The van der Waals surface area contributed by atoms with E-state index in [4.69, 9.17) is 9.84 Å². The second-order valence-electron chi connectivity index (χ2n) is 3.88. The molecule has 0 aromatic heterocycles. The summed E-state index contributed by atoms with van der Waals surface area (Å²) >= 11 is 0.912. The van der Waals surface area contributed by atoms with Crippen molar-refractivity contribution in [2.45, 2.75) is 18.6 Å². The van der Waals surface area contributed by atoms with Gasteiger partial charge < -0.3 is 20.1 Å². The molecule has 0 aromatic rings. The lowest BCUT2D eigenvalue weighted by Gasteiger charge is -2.13. The number of aliphatic hydroxyl groups is 3. The summed E-state index contributed by atoms with van der Waals surface area (Å²) in [4.78, 5) is 0.613. The fraction of sp³-hybridized carbons (Fsp3) is 0.364. The van der Waals surface area contributed by atoms with Crippen molar-refractivity contribution in [3.8, 4) is 0 Å². The maximum absolute atomic E-state index is 11.1. The molecule has 2 aliphatic rings. The Hall–Kier alpha value is -1.22. The van der Waals surface area contributed by atoms with E-state index in [1.54, 1.807) is 18.2 Å². The van der Waals surface area contributed by atoms with Gasteiger partial charge in [-0.2, -0.15) is 8.42 Å². The molecule has 0 saturated carbocycles. The Balaban J connectivity index is 2.25. The van der Waals surface area contributed by atoms with Crippen molar-refractivity contribution in [3.63, 3.8) is 0 Å². The quantitative estimate of drug-likeness (QED) is 0.635. The van der Waals surface area contributed by atoms with E-state index in [9.17, 15) is 18.6 Å². The van der Waals surface area contributed by atoms with Gasteiger partial charge in [-0.15, -0.1) is 0 Å². The highest BCUT2D eigenvalue weighted by Gasteiger charge is 2.36. The molecule has 0 aromatic carbocycles. The third kappa shape index (κ3) is 2.86. The Labute approximate surface area is 115 Å². The maximum atomic E-state index is 11.1. The third-order valence-corrected chi connectivity index (χ3v) is 4.66. The lowest BCUT2D eigenvalue weighted by Crippen LogP contribution is -2.27. The first-order chi connectivity index (χ1) is 9.04. The van der Waals surface area contributed by atoms with Gasteiger partial charge >= 0.3 is 0 Å². The summed E-state index contributed by atoms with van der Waals surface area (Å²) in [6.45, 7) is -0.446. The monoisotopic (exact) mass is 304 g/mol. The number of aliphatic hydroxyl groups excluding tert-OH is 3. The number of thioether (sulfide) groups is 1. The van der Waals surface area contributed by atoms with E-state index in [-0.39, 0.29) is 16.4 Å². The predicted molar refractivity (Wildman–Crippen MR) is 71.0 cm³/mol. The number of hydrogen-bond acceptors (Lipinski definition) is 7. The van der Waals surface area contributed by atoms with E-state index in [1.807, 2.05) is 0 Å². The van der Waals surface area contributed by atoms with Crippen molar-refractivity contribution in [2.75, 3.05) is 6.61 Å². The van der Waals surface area contributed by atoms with E-state index >= 15 is 0 Å². The molecule has 0 fully saturated rings. The first-order valence-corrected chi connectivity index (χ1v) is 7.32. The van der Waals surface area contributed by atoms with Crippen molar-refractivity contribution in [1.29, 1.82) is 0 Å². The molecular weight excluding hydrogens is 292 g/mol. The van der Waals surface area contributed by atoms with Crippen LogP contribution in [0.25, 0.3) is 0 Å². The highest BCUT2D eigenvalue weighted by Crippen LogP contribution is 2.37. The summed E-state index contributed by atoms with van der Waals surface area (Å²) in [6, 6.07) is 0. The summed E-state index contributed by atoms with van der Waals surface area (Å²) in [5.41, 5.74) is 0. The molecule has 104 valence electrons. The van der Waals surface area contributed by atoms with E-state index in [0.29, 0.717) is 4.91 Å². The van der Waals surface area contributed by atoms with Crippen LogP contribution in [-0.4, -0.2) is 47.4 Å². The van der Waals surface area contributed by atoms with Gasteiger partial charge in [0.15, 0.2) is 23.1 Å². The average molecular weight is 304 g/mol. The molecule has 0 amide bonds. The molecule has 0 unspecified atom stereocenters. The second kappa shape index (κ2) is 5.83. The molecule has 8 heteroatoms. The highest BCUT2D eigenvalue weighted by molar-refractivity contribution is 8.08. The molecule has 2 atom stereocenters. The standard InChI is InChI=1S/C11H12O6S2/c12-5-6-9(13)10(14)11(17-6)18-7-3-1-2-4-8(7)19(15)16/h1-3,6,9,12-14H,4-5H2/t6-,9+/m1/s1. The molecule has 1 heterocycles. The zero-order chi connectivity index (χ0) is 14.0. The van der Waals surface area contributed by atoms with Crippen LogP contribution < -0.4 is 0 Å². The summed E-state index contributed by atoms with van der Waals surface area (Å²) in [7, 11) is -2.36. The van der Waals surface area contributed by atoms with Gasteiger partial charge in [0, 0.05) is 11.3 Å². The Bertz CT molecular complexity index is 591. The van der Waals surface area contributed by atoms with Gasteiger partial charge in [-0.05, 0) is 17.8 Å². The second-order valence-corrected chi connectivity index (χ2v) is 5.86. The number of ether oxygens (including phenoxy) is 1. The van der Waals surface area contributed by atoms with Crippen molar-refractivity contribution in [3.05, 3.63) is 34.0 Å². The molecule has 6 nitrogen and oxygen atoms in total. The van der Waals surface area contributed by atoms with E-state index in [2.05, 4.69) is 0 Å². The van der Waals surface area contributed by atoms with Crippen LogP contribution in [-0.2, 0) is 15.0 Å². The Morgan fingerprint density at radius 3 is 2.79 bits per heavy atom. The van der Waals surface area contributed by atoms with Crippen LogP contribution >= 0.6 is 11.8 Å².